The Kier molecular flexibility index (Phi) is 10.6. The van der Waals surface area contributed by atoms with E-state index in [0.717, 1.165) is 0 Å². The number of hydrogen-bond acceptors (Lipinski definition) is 10. The predicted octanol–water partition coefficient (Wildman–Crippen LogP) is -0.0599. The first-order valence-electron chi connectivity index (χ1n) is 8.32. The van der Waals surface area contributed by atoms with Gasteiger partial charge in [-0.3, -0.25) is 9.59 Å². The van der Waals surface area contributed by atoms with E-state index in [2.05, 4.69) is 15.5 Å². The van der Waals surface area contributed by atoms with Crippen molar-refractivity contribution >= 4 is 43.0 Å². The number of methoxy groups -OCH3 is 2. The fourth-order valence-corrected chi connectivity index (χ4v) is 3.77. The predicted molar refractivity (Wildman–Crippen MR) is 109 cm³/mol. The summed E-state index contributed by atoms with van der Waals surface area (Å²) in [6.45, 7) is 1.20. The van der Waals surface area contributed by atoms with Crippen LogP contribution in [0.4, 0.5) is 11.4 Å². The molecule has 31 heavy (non-hydrogen) atoms. The summed E-state index contributed by atoms with van der Waals surface area (Å²) in [7, 11) is -1.43. The number of amides is 1. The van der Waals surface area contributed by atoms with E-state index in [1.807, 2.05) is 0 Å². The monoisotopic (exact) mass is 475 g/mol. The fraction of sp³-hybridized carbons (Fsp3) is 0.222. The SMILES string of the molecule is COc1ccc(OC)c(NC(=O)C(N=Nc2ccc(SS(=O)(=O)[O-])cc2)C(C)=O)c1.[Na+]. The van der Waals surface area contributed by atoms with Crippen molar-refractivity contribution in [2.75, 3.05) is 19.5 Å². The number of nitrogens with one attached hydrogen (secondary N) is 1. The van der Waals surface area contributed by atoms with Crippen LogP contribution >= 0.6 is 10.8 Å². The van der Waals surface area contributed by atoms with Crippen LogP contribution in [0.15, 0.2) is 57.6 Å². The summed E-state index contributed by atoms with van der Waals surface area (Å²) in [6.07, 6.45) is 0. The van der Waals surface area contributed by atoms with E-state index in [-0.39, 0.29) is 50.9 Å². The van der Waals surface area contributed by atoms with Gasteiger partial charge < -0.3 is 19.3 Å². The van der Waals surface area contributed by atoms with Gasteiger partial charge in [0.25, 0.3) is 5.91 Å². The molecule has 0 saturated heterocycles. The molecule has 0 spiro atoms. The number of rotatable bonds is 9. The zero-order valence-corrected chi connectivity index (χ0v) is 20.8. The summed E-state index contributed by atoms with van der Waals surface area (Å²) in [4.78, 5) is 24.7. The maximum absolute atomic E-state index is 12.6. The summed E-state index contributed by atoms with van der Waals surface area (Å²) >= 11 is 0. The molecule has 0 fully saturated rings. The molecule has 1 amide bonds. The minimum Gasteiger partial charge on any atom is -0.739 e. The molecule has 10 nitrogen and oxygen atoms in total. The summed E-state index contributed by atoms with van der Waals surface area (Å²) in [5, 5.41) is 10.2. The van der Waals surface area contributed by atoms with Gasteiger partial charge in [0.15, 0.2) is 14.9 Å². The molecule has 2 aromatic carbocycles. The molecule has 0 saturated carbocycles. The number of hydrogen-bond donors (Lipinski definition) is 1. The Bertz CT molecular complexity index is 1060. The van der Waals surface area contributed by atoms with Gasteiger partial charge in [-0.05, 0) is 54.1 Å². The van der Waals surface area contributed by atoms with Gasteiger partial charge in [-0.25, -0.2) is 8.42 Å². The molecule has 0 bridgehead atoms. The number of azo groups is 1. The minimum atomic E-state index is -4.48. The van der Waals surface area contributed by atoms with E-state index in [4.69, 9.17) is 9.47 Å². The van der Waals surface area contributed by atoms with Gasteiger partial charge in [-0.1, -0.05) is 0 Å². The zero-order chi connectivity index (χ0) is 22.3. The number of benzene rings is 2. The van der Waals surface area contributed by atoms with Crippen LogP contribution in [0.25, 0.3) is 0 Å². The minimum absolute atomic E-state index is 0. The van der Waals surface area contributed by atoms with Gasteiger partial charge in [0.1, 0.15) is 11.5 Å². The van der Waals surface area contributed by atoms with Crippen molar-refractivity contribution in [1.29, 1.82) is 0 Å². The number of anilines is 1. The van der Waals surface area contributed by atoms with Crippen molar-refractivity contribution in [1.82, 2.24) is 0 Å². The Labute approximate surface area is 205 Å². The number of ether oxygens (including phenoxy) is 2. The van der Waals surface area contributed by atoms with Gasteiger partial charge in [0, 0.05) is 11.0 Å². The van der Waals surface area contributed by atoms with E-state index >= 15 is 0 Å². The van der Waals surface area contributed by atoms with Crippen LogP contribution in [0, 0.1) is 0 Å². The molecule has 0 aliphatic carbocycles. The van der Waals surface area contributed by atoms with Gasteiger partial charge in [0.05, 0.1) is 25.6 Å². The largest absolute Gasteiger partial charge is 1.00 e. The van der Waals surface area contributed by atoms with E-state index in [1.54, 1.807) is 12.1 Å². The van der Waals surface area contributed by atoms with Crippen LogP contribution < -0.4 is 44.3 Å². The van der Waals surface area contributed by atoms with Crippen LogP contribution in [0.1, 0.15) is 6.92 Å². The van der Waals surface area contributed by atoms with E-state index in [0.29, 0.717) is 17.2 Å². The molecular weight excluding hydrogens is 457 g/mol. The van der Waals surface area contributed by atoms with Crippen molar-refractivity contribution in [3.05, 3.63) is 42.5 Å². The first-order valence-corrected chi connectivity index (χ1v) is 11.1. The number of Topliss-reactive ketones (excluding diaryl/α,β-unsaturated/α-hetero) is 1. The van der Waals surface area contributed by atoms with Gasteiger partial charge in [-0.2, -0.15) is 10.2 Å². The normalized spacial score (nSPS) is 12.0. The third kappa shape index (κ3) is 8.59. The quantitative estimate of drug-likeness (QED) is 0.174. The summed E-state index contributed by atoms with van der Waals surface area (Å²) in [5.74, 6) is -0.417. The van der Waals surface area contributed by atoms with Crippen molar-refractivity contribution in [3.8, 4) is 11.5 Å². The van der Waals surface area contributed by atoms with Crippen LogP contribution in [-0.4, -0.2) is 44.9 Å². The van der Waals surface area contributed by atoms with Gasteiger partial charge >= 0.3 is 29.6 Å². The van der Waals surface area contributed by atoms with Gasteiger partial charge in [0.2, 0.25) is 6.04 Å². The molecule has 160 valence electrons. The maximum Gasteiger partial charge on any atom is 1.00 e. The smallest absolute Gasteiger partial charge is 0.739 e. The molecule has 13 heteroatoms. The van der Waals surface area contributed by atoms with E-state index < -0.39 is 26.9 Å². The Balaban J connectivity index is 0.00000480. The van der Waals surface area contributed by atoms with Gasteiger partial charge in [-0.15, -0.1) is 0 Å². The standard InChI is InChI=1S/C18H19N3O7S2.Na/c1-11(22)17(18(23)19-15-10-13(27-2)6-9-16(15)28-3)21-20-12-4-7-14(8-5-12)29-30(24,25)26;/h4-10,17H,1-3H3,(H,19,23)(H,24,25,26);/q;+1/p-1. The molecule has 1 N–H and O–H groups in total. The third-order valence-corrected chi connectivity index (χ3v) is 5.48. The van der Waals surface area contributed by atoms with Crippen molar-refractivity contribution in [2.45, 2.75) is 17.9 Å². The molecule has 0 heterocycles. The molecule has 0 radical (unpaired) electrons. The molecule has 0 aromatic heterocycles. The second kappa shape index (κ2) is 12.2. The molecule has 2 aromatic rings. The zero-order valence-electron chi connectivity index (χ0n) is 17.2. The van der Waals surface area contributed by atoms with Crippen molar-refractivity contribution in [2.24, 2.45) is 10.2 Å². The molecule has 1 atom stereocenters. The van der Waals surface area contributed by atoms with Crippen LogP contribution in [-0.2, 0) is 18.7 Å². The maximum atomic E-state index is 12.6. The second-order valence-corrected chi connectivity index (χ2v) is 8.95. The Morgan fingerprint density at radius 3 is 2.26 bits per heavy atom. The molecular formula is C18H18N3NaO7S2. The first kappa shape index (κ1) is 27.1. The first-order chi connectivity index (χ1) is 14.1. The van der Waals surface area contributed by atoms with E-state index in [9.17, 15) is 22.6 Å². The number of ketones is 1. The summed E-state index contributed by atoms with van der Waals surface area (Å²) in [5.41, 5.74) is 0.559. The topological polar surface area (TPSA) is 147 Å². The van der Waals surface area contributed by atoms with Crippen molar-refractivity contribution in [3.63, 3.8) is 0 Å². The third-order valence-electron chi connectivity index (χ3n) is 3.62. The molecule has 0 aliphatic rings. The number of carbonyl (C=O) groups excluding carboxylic acids is 2. The summed E-state index contributed by atoms with van der Waals surface area (Å²) < 4.78 is 42.6. The second-order valence-electron chi connectivity index (χ2n) is 5.77. The number of carbonyl (C=O) groups is 2. The Morgan fingerprint density at radius 1 is 1.10 bits per heavy atom. The Morgan fingerprint density at radius 2 is 1.74 bits per heavy atom. The van der Waals surface area contributed by atoms with Crippen LogP contribution in [0.2, 0.25) is 0 Å². The average Bonchev–Trinajstić information content (AvgIpc) is 2.68. The fourth-order valence-electron chi connectivity index (χ4n) is 2.24. The van der Waals surface area contributed by atoms with Crippen LogP contribution in [0.5, 0.6) is 11.5 Å². The summed E-state index contributed by atoms with van der Waals surface area (Å²) in [6, 6.07) is 8.88. The van der Waals surface area contributed by atoms with E-state index in [1.165, 1.54) is 51.5 Å². The average molecular weight is 475 g/mol. The molecule has 1 unspecified atom stereocenters. The Hall–Kier alpha value is -1.96. The van der Waals surface area contributed by atoms with Crippen molar-refractivity contribution < 1.29 is 61.6 Å². The molecule has 2 rings (SSSR count). The number of nitrogens with zero attached hydrogens (tertiary/aromatic N) is 2. The van der Waals surface area contributed by atoms with Crippen LogP contribution in [0.3, 0.4) is 0 Å². The molecule has 0 aliphatic heterocycles.